The number of aryl methyl sites for hydroxylation is 1. The Balaban J connectivity index is 1.97. The SMILES string of the molecule is CSc1nc2c(c(-c3ccc(C)o3)n1)C(=O)N(C)/C2=C\c1ccccc1F. The van der Waals surface area contributed by atoms with E-state index >= 15 is 0 Å². The average molecular weight is 381 g/mol. The van der Waals surface area contributed by atoms with Gasteiger partial charge in [0, 0.05) is 12.6 Å². The number of amides is 1. The van der Waals surface area contributed by atoms with Crippen molar-refractivity contribution < 1.29 is 13.6 Å². The zero-order valence-corrected chi connectivity index (χ0v) is 15.8. The fraction of sp³-hybridized carbons (Fsp3) is 0.150. The predicted octanol–water partition coefficient (Wildman–Crippen LogP) is 4.49. The van der Waals surface area contributed by atoms with Crippen LogP contribution in [0.2, 0.25) is 0 Å². The Morgan fingerprint density at radius 3 is 2.56 bits per heavy atom. The topological polar surface area (TPSA) is 59.2 Å². The van der Waals surface area contributed by atoms with Crippen molar-refractivity contribution in [2.24, 2.45) is 0 Å². The van der Waals surface area contributed by atoms with E-state index in [4.69, 9.17) is 4.42 Å². The number of rotatable bonds is 3. The van der Waals surface area contributed by atoms with Crippen molar-refractivity contribution >= 4 is 29.4 Å². The Kier molecular flexibility index (Phi) is 4.31. The summed E-state index contributed by atoms with van der Waals surface area (Å²) in [5.74, 6) is 0.629. The lowest BCUT2D eigenvalue weighted by atomic mass is 10.1. The van der Waals surface area contributed by atoms with E-state index < -0.39 is 0 Å². The number of hydrogen-bond donors (Lipinski definition) is 0. The summed E-state index contributed by atoms with van der Waals surface area (Å²) < 4.78 is 19.8. The van der Waals surface area contributed by atoms with Gasteiger partial charge in [0.05, 0.1) is 11.3 Å². The molecule has 3 heterocycles. The van der Waals surface area contributed by atoms with Crippen LogP contribution in [0, 0.1) is 12.7 Å². The highest BCUT2D eigenvalue weighted by molar-refractivity contribution is 7.98. The van der Waals surface area contributed by atoms with E-state index in [1.165, 1.54) is 22.7 Å². The number of fused-ring (bicyclic) bond motifs is 1. The minimum Gasteiger partial charge on any atom is -0.460 e. The number of thioether (sulfide) groups is 1. The Bertz CT molecular complexity index is 1090. The van der Waals surface area contributed by atoms with Crippen LogP contribution in [-0.2, 0) is 0 Å². The lowest BCUT2D eigenvalue weighted by molar-refractivity contribution is 0.0875. The summed E-state index contributed by atoms with van der Waals surface area (Å²) in [5, 5.41) is 0.514. The average Bonchev–Trinajstić information content (AvgIpc) is 3.20. The zero-order chi connectivity index (χ0) is 19.1. The molecule has 1 amide bonds. The first-order valence-electron chi connectivity index (χ1n) is 8.27. The number of carbonyl (C=O) groups excluding carboxylic acids is 1. The molecule has 2 aromatic heterocycles. The van der Waals surface area contributed by atoms with Crippen molar-refractivity contribution in [2.45, 2.75) is 12.1 Å². The molecule has 0 saturated carbocycles. The summed E-state index contributed by atoms with van der Waals surface area (Å²) >= 11 is 1.37. The van der Waals surface area contributed by atoms with Gasteiger partial charge >= 0.3 is 0 Å². The van der Waals surface area contributed by atoms with E-state index in [9.17, 15) is 9.18 Å². The molecule has 1 aromatic carbocycles. The molecule has 7 heteroatoms. The van der Waals surface area contributed by atoms with Crippen LogP contribution in [0.5, 0.6) is 0 Å². The molecule has 0 bridgehead atoms. The number of aromatic nitrogens is 2. The Morgan fingerprint density at radius 2 is 1.89 bits per heavy atom. The lowest BCUT2D eigenvalue weighted by Gasteiger charge is -2.10. The van der Waals surface area contributed by atoms with Crippen LogP contribution in [0.1, 0.15) is 27.4 Å². The molecular weight excluding hydrogens is 365 g/mol. The number of hydrogen-bond acceptors (Lipinski definition) is 5. The fourth-order valence-electron chi connectivity index (χ4n) is 3.00. The van der Waals surface area contributed by atoms with Crippen LogP contribution in [0.15, 0.2) is 46.0 Å². The highest BCUT2D eigenvalue weighted by Gasteiger charge is 2.36. The molecule has 1 aliphatic heterocycles. The molecule has 0 atom stereocenters. The summed E-state index contributed by atoms with van der Waals surface area (Å²) in [6.45, 7) is 1.83. The van der Waals surface area contributed by atoms with Crippen molar-refractivity contribution in [1.29, 1.82) is 0 Å². The quantitative estimate of drug-likeness (QED) is 0.494. The summed E-state index contributed by atoms with van der Waals surface area (Å²) in [7, 11) is 1.65. The summed E-state index contributed by atoms with van der Waals surface area (Å²) in [4.78, 5) is 23.4. The molecule has 0 fully saturated rings. The van der Waals surface area contributed by atoms with Gasteiger partial charge in [-0.05, 0) is 37.5 Å². The van der Waals surface area contributed by atoms with Gasteiger partial charge in [0.25, 0.3) is 5.91 Å². The number of furan rings is 1. The van der Waals surface area contributed by atoms with E-state index in [1.54, 1.807) is 37.4 Å². The molecule has 0 radical (unpaired) electrons. The van der Waals surface area contributed by atoms with Crippen LogP contribution >= 0.6 is 11.8 Å². The van der Waals surface area contributed by atoms with Gasteiger partial charge in [-0.2, -0.15) is 0 Å². The van der Waals surface area contributed by atoms with Crippen LogP contribution in [0.3, 0.4) is 0 Å². The molecule has 0 saturated heterocycles. The molecule has 0 unspecified atom stereocenters. The molecule has 136 valence electrons. The van der Waals surface area contributed by atoms with E-state index in [0.717, 1.165) is 5.76 Å². The van der Waals surface area contributed by atoms with Gasteiger partial charge in [-0.15, -0.1) is 0 Å². The minimum absolute atomic E-state index is 0.246. The van der Waals surface area contributed by atoms with Gasteiger partial charge in [0.2, 0.25) is 0 Å². The van der Waals surface area contributed by atoms with Crippen molar-refractivity contribution in [1.82, 2.24) is 14.9 Å². The number of nitrogens with zero attached hydrogens (tertiary/aromatic N) is 3. The number of carbonyl (C=O) groups is 1. The van der Waals surface area contributed by atoms with Crippen molar-refractivity contribution in [3.63, 3.8) is 0 Å². The first kappa shape index (κ1) is 17.5. The molecular formula is C20H16FN3O2S. The summed E-state index contributed by atoms with van der Waals surface area (Å²) in [6.07, 6.45) is 3.49. The fourth-order valence-corrected chi connectivity index (χ4v) is 3.37. The first-order chi connectivity index (χ1) is 13.0. The Hall–Kier alpha value is -2.93. The third-order valence-corrected chi connectivity index (χ3v) is 4.91. The lowest BCUT2D eigenvalue weighted by Crippen LogP contribution is -2.17. The zero-order valence-electron chi connectivity index (χ0n) is 15.0. The predicted molar refractivity (Wildman–Crippen MR) is 103 cm³/mol. The maximum atomic E-state index is 14.1. The second-order valence-corrected chi connectivity index (χ2v) is 6.88. The van der Waals surface area contributed by atoms with Crippen molar-refractivity contribution in [3.05, 3.63) is 64.8 Å². The maximum absolute atomic E-state index is 14.1. The van der Waals surface area contributed by atoms with E-state index in [0.29, 0.717) is 39.1 Å². The first-order valence-corrected chi connectivity index (χ1v) is 9.49. The summed E-state index contributed by atoms with van der Waals surface area (Å²) in [5.41, 5.74) is 2.22. The standard InChI is InChI=1S/C20H16FN3O2S/c1-11-8-9-15(26-11)18-16-17(22-20(23-18)27-3)14(24(2)19(16)25)10-12-6-4-5-7-13(12)21/h4-10H,1-3H3/b14-10-. The number of benzene rings is 1. The van der Waals surface area contributed by atoms with Crippen LogP contribution < -0.4 is 0 Å². The second kappa shape index (κ2) is 6.66. The van der Waals surface area contributed by atoms with Crippen LogP contribution in [0.25, 0.3) is 23.2 Å². The van der Waals surface area contributed by atoms with Gasteiger partial charge in [-0.25, -0.2) is 14.4 Å². The Morgan fingerprint density at radius 1 is 1.15 bits per heavy atom. The molecule has 4 rings (SSSR count). The number of halogens is 1. The van der Waals surface area contributed by atoms with Gasteiger partial charge in [0.15, 0.2) is 10.9 Å². The van der Waals surface area contributed by atoms with Gasteiger partial charge in [-0.1, -0.05) is 30.0 Å². The van der Waals surface area contributed by atoms with Gasteiger partial charge in [0.1, 0.15) is 23.0 Å². The second-order valence-electron chi connectivity index (χ2n) is 6.11. The molecule has 0 aliphatic carbocycles. The minimum atomic E-state index is -0.361. The maximum Gasteiger partial charge on any atom is 0.262 e. The van der Waals surface area contributed by atoms with Crippen molar-refractivity contribution in [3.8, 4) is 11.5 Å². The normalized spacial score (nSPS) is 14.9. The molecule has 5 nitrogen and oxygen atoms in total. The largest absolute Gasteiger partial charge is 0.460 e. The van der Waals surface area contributed by atoms with Gasteiger partial charge in [-0.3, -0.25) is 4.79 Å². The highest BCUT2D eigenvalue weighted by atomic mass is 32.2. The highest BCUT2D eigenvalue weighted by Crippen LogP contribution is 2.38. The van der Waals surface area contributed by atoms with Gasteiger partial charge < -0.3 is 9.32 Å². The van der Waals surface area contributed by atoms with Crippen molar-refractivity contribution in [2.75, 3.05) is 13.3 Å². The molecule has 1 aliphatic rings. The van der Waals surface area contributed by atoms with E-state index in [2.05, 4.69) is 9.97 Å². The molecule has 27 heavy (non-hydrogen) atoms. The molecule has 0 N–H and O–H groups in total. The summed E-state index contributed by atoms with van der Waals surface area (Å²) in [6, 6.07) is 10.0. The van der Waals surface area contributed by atoms with E-state index in [-0.39, 0.29) is 11.7 Å². The third-order valence-electron chi connectivity index (χ3n) is 4.36. The molecule has 0 spiro atoms. The monoisotopic (exact) mass is 381 g/mol. The smallest absolute Gasteiger partial charge is 0.262 e. The Labute approximate surface area is 159 Å². The third kappa shape index (κ3) is 2.94. The van der Waals surface area contributed by atoms with Crippen LogP contribution in [0.4, 0.5) is 4.39 Å². The molecule has 3 aromatic rings. The van der Waals surface area contributed by atoms with E-state index in [1.807, 2.05) is 19.2 Å². The van der Waals surface area contributed by atoms with Crippen LogP contribution in [-0.4, -0.2) is 34.1 Å².